The van der Waals surface area contributed by atoms with E-state index in [0.717, 1.165) is 43.6 Å². The summed E-state index contributed by atoms with van der Waals surface area (Å²) in [6.07, 6.45) is 7.21. The number of halogens is 2. The van der Waals surface area contributed by atoms with Crippen LogP contribution in [0.3, 0.4) is 0 Å². The van der Waals surface area contributed by atoms with Gasteiger partial charge in [0.25, 0.3) is 0 Å². The van der Waals surface area contributed by atoms with Crippen molar-refractivity contribution >= 4 is 43.6 Å². The van der Waals surface area contributed by atoms with Crippen molar-refractivity contribution in [1.29, 1.82) is 0 Å². The van der Waals surface area contributed by atoms with Gasteiger partial charge in [-0.05, 0) is 24.3 Å². The van der Waals surface area contributed by atoms with Crippen LogP contribution in [0.15, 0.2) is 97.6 Å². The van der Waals surface area contributed by atoms with E-state index >= 15 is 0 Å². The minimum absolute atomic E-state index is 0. The Morgan fingerprint density at radius 2 is 0.581 bits per heavy atom. The molecular weight excluding hydrogens is 481 g/mol. The smallest absolute Gasteiger partial charge is 1.00 e. The zero-order chi connectivity index (χ0) is 18.8. The Morgan fingerprint density at radius 3 is 0.806 bits per heavy atom. The molecule has 31 heavy (non-hydrogen) atoms. The number of hydrogen-bond donors (Lipinski definition) is 0. The Balaban J connectivity index is 0.000000201. The van der Waals surface area contributed by atoms with Gasteiger partial charge in [0, 0.05) is 46.3 Å². The van der Waals surface area contributed by atoms with Gasteiger partial charge in [0.05, 0.1) is 22.1 Å². The van der Waals surface area contributed by atoms with E-state index < -0.39 is 0 Å². The Labute approximate surface area is 204 Å². The van der Waals surface area contributed by atoms with Gasteiger partial charge in [-0.25, -0.2) is 0 Å². The summed E-state index contributed by atoms with van der Waals surface area (Å²) >= 11 is 0. The molecule has 0 unspecified atom stereocenters. The SMILES string of the molecule is [Cl-].[Cl-].[Zn+2].c1cnc2c(c1)ccc1cccnc12.c1cnc2c(c1)ccc1cccnc12. The van der Waals surface area contributed by atoms with Crippen molar-refractivity contribution < 1.29 is 44.3 Å². The van der Waals surface area contributed by atoms with Gasteiger partial charge in [-0.2, -0.15) is 0 Å². The predicted octanol–water partition coefficient (Wildman–Crippen LogP) is -0.428. The molecule has 4 nitrogen and oxygen atoms in total. The van der Waals surface area contributed by atoms with E-state index in [9.17, 15) is 0 Å². The number of rotatable bonds is 0. The number of fused-ring (bicyclic) bond motifs is 6. The van der Waals surface area contributed by atoms with Crippen molar-refractivity contribution in [1.82, 2.24) is 19.9 Å². The molecule has 0 saturated heterocycles. The van der Waals surface area contributed by atoms with Crippen LogP contribution in [0.1, 0.15) is 0 Å². The van der Waals surface area contributed by atoms with Crippen molar-refractivity contribution in [3.63, 3.8) is 0 Å². The van der Waals surface area contributed by atoms with Gasteiger partial charge in [-0.3, -0.25) is 19.9 Å². The van der Waals surface area contributed by atoms with Crippen LogP contribution in [0.4, 0.5) is 0 Å². The Bertz CT molecular complexity index is 1220. The quantitative estimate of drug-likeness (QED) is 0.212. The van der Waals surface area contributed by atoms with E-state index in [1.165, 1.54) is 0 Å². The third-order valence-electron chi connectivity index (χ3n) is 4.69. The van der Waals surface area contributed by atoms with Gasteiger partial charge in [-0.15, -0.1) is 0 Å². The Hall–Kier alpha value is -2.72. The maximum atomic E-state index is 4.35. The zero-order valence-corrected chi connectivity index (χ0v) is 21.0. The summed E-state index contributed by atoms with van der Waals surface area (Å²) in [5, 5.41) is 4.55. The van der Waals surface area contributed by atoms with Crippen molar-refractivity contribution in [2.24, 2.45) is 0 Å². The molecule has 0 N–H and O–H groups in total. The molecule has 7 heteroatoms. The van der Waals surface area contributed by atoms with Crippen LogP contribution in [0.25, 0.3) is 43.6 Å². The topological polar surface area (TPSA) is 51.6 Å². The maximum Gasteiger partial charge on any atom is 2.00 e. The van der Waals surface area contributed by atoms with Crippen molar-refractivity contribution in [2.75, 3.05) is 0 Å². The molecule has 0 amide bonds. The summed E-state index contributed by atoms with van der Waals surface area (Å²) in [5.41, 5.74) is 3.91. The second-order valence-electron chi connectivity index (χ2n) is 6.43. The maximum absolute atomic E-state index is 4.35. The minimum Gasteiger partial charge on any atom is -1.00 e. The molecule has 4 heterocycles. The first-order valence-electron chi connectivity index (χ1n) is 9.07. The molecule has 4 aromatic heterocycles. The number of aromatic nitrogens is 4. The average Bonchev–Trinajstić information content (AvgIpc) is 2.79. The summed E-state index contributed by atoms with van der Waals surface area (Å²) in [4.78, 5) is 17.4. The molecule has 0 radical (unpaired) electrons. The number of benzene rings is 2. The van der Waals surface area contributed by atoms with Gasteiger partial charge in [-0.1, -0.05) is 48.5 Å². The molecule has 0 atom stereocenters. The van der Waals surface area contributed by atoms with E-state index in [4.69, 9.17) is 0 Å². The predicted molar refractivity (Wildman–Crippen MR) is 114 cm³/mol. The third kappa shape index (κ3) is 4.96. The van der Waals surface area contributed by atoms with Crippen LogP contribution in [0.2, 0.25) is 0 Å². The van der Waals surface area contributed by atoms with Crippen molar-refractivity contribution in [2.45, 2.75) is 0 Å². The number of hydrogen-bond acceptors (Lipinski definition) is 4. The third-order valence-corrected chi connectivity index (χ3v) is 4.69. The van der Waals surface area contributed by atoms with Gasteiger partial charge in [0.15, 0.2) is 0 Å². The van der Waals surface area contributed by atoms with Crippen LogP contribution in [-0.2, 0) is 19.5 Å². The van der Waals surface area contributed by atoms with E-state index in [2.05, 4.69) is 68.5 Å². The fourth-order valence-corrected chi connectivity index (χ4v) is 3.36. The van der Waals surface area contributed by atoms with Crippen LogP contribution >= 0.6 is 0 Å². The van der Waals surface area contributed by atoms with Crippen molar-refractivity contribution in [3.8, 4) is 0 Å². The second kappa shape index (κ2) is 11.1. The van der Waals surface area contributed by atoms with Crippen LogP contribution < -0.4 is 24.8 Å². The molecule has 6 rings (SSSR count). The molecular formula is C24H16Cl2N4Zn. The molecule has 0 aliphatic heterocycles. The van der Waals surface area contributed by atoms with Gasteiger partial charge >= 0.3 is 19.5 Å². The van der Waals surface area contributed by atoms with Crippen LogP contribution in [-0.4, -0.2) is 19.9 Å². The van der Waals surface area contributed by atoms with Gasteiger partial charge in [0.1, 0.15) is 0 Å². The molecule has 0 aliphatic carbocycles. The molecule has 2 aromatic carbocycles. The molecule has 0 aliphatic rings. The fourth-order valence-electron chi connectivity index (χ4n) is 3.36. The normalized spacial score (nSPS) is 9.81. The summed E-state index contributed by atoms with van der Waals surface area (Å²) in [7, 11) is 0. The van der Waals surface area contributed by atoms with Gasteiger partial charge in [0.2, 0.25) is 0 Å². The van der Waals surface area contributed by atoms with Crippen LogP contribution in [0.5, 0.6) is 0 Å². The fraction of sp³-hybridized carbons (Fsp3) is 0. The molecule has 0 bridgehead atoms. The summed E-state index contributed by atoms with van der Waals surface area (Å²) in [6, 6.07) is 24.3. The summed E-state index contributed by atoms with van der Waals surface area (Å²) in [6.45, 7) is 0. The van der Waals surface area contributed by atoms with Gasteiger partial charge < -0.3 is 24.8 Å². The average molecular weight is 497 g/mol. The molecule has 0 fully saturated rings. The first-order chi connectivity index (χ1) is 13.9. The molecule has 0 saturated carbocycles. The van der Waals surface area contributed by atoms with Crippen LogP contribution in [0, 0.1) is 0 Å². The first-order valence-corrected chi connectivity index (χ1v) is 9.07. The summed E-state index contributed by atoms with van der Waals surface area (Å²) < 4.78 is 0. The Kier molecular flexibility index (Phi) is 8.76. The van der Waals surface area contributed by atoms with E-state index in [1.54, 1.807) is 24.8 Å². The Morgan fingerprint density at radius 1 is 0.355 bits per heavy atom. The monoisotopic (exact) mass is 494 g/mol. The minimum atomic E-state index is 0. The molecule has 0 spiro atoms. The first kappa shape index (κ1) is 24.6. The largest absolute Gasteiger partial charge is 2.00 e. The summed E-state index contributed by atoms with van der Waals surface area (Å²) in [5.74, 6) is 0. The standard InChI is InChI=1S/2C12H8N2.2ClH.Zn/c2*1-3-9-5-6-10-4-2-8-14-12(10)11(9)13-7-1;;;/h2*1-8H;2*1H;/q;;;;+2/p-2. The number of nitrogens with zero attached hydrogens (tertiary/aromatic N) is 4. The second-order valence-corrected chi connectivity index (χ2v) is 6.43. The van der Waals surface area contributed by atoms with E-state index in [-0.39, 0.29) is 44.3 Å². The number of pyridine rings is 4. The zero-order valence-electron chi connectivity index (χ0n) is 16.5. The molecule has 148 valence electrons. The van der Waals surface area contributed by atoms with Crippen molar-refractivity contribution in [3.05, 3.63) is 97.6 Å². The van der Waals surface area contributed by atoms with E-state index in [0.29, 0.717) is 0 Å². The van der Waals surface area contributed by atoms with E-state index in [1.807, 2.05) is 24.3 Å². The molecule has 6 aromatic rings.